The molecule has 0 saturated carbocycles. The van der Waals surface area contributed by atoms with Gasteiger partial charge in [0.25, 0.3) is 0 Å². The molecule has 0 bridgehead atoms. The summed E-state index contributed by atoms with van der Waals surface area (Å²) in [4.78, 5) is 4.97. The molecule has 110 valence electrons. The summed E-state index contributed by atoms with van der Waals surface area (Å²) in [5.74, 6) is 0.952. The number of thiophene rings is 1. The van der Waals surface area contributed by atoms with E-state index in [1.54, 1.807) is 19.1 Å². The monoisotopic (exact) mass is 316 g/mol. The lowest BCUT2D eigenvalue weighted by Gasteiger charge is -2.02. The van der Waals surface area contributed by atoms with Crippen molar-refractivity contribution in [3.8, 4) is 0 Å². The van der Waals surface area contributed by atoms with Crippen molar-refractivity contribution < 1.29 is 12.9 Å². The van der Waals surface area contributed by atoms with Crippen LogP contribution in [0.1, 0.15) is 16.6 Å². The molecular weight excluding hydrogens is 300 g/mol. The lowest BCUT2D eigenvalue weighted by Crippen LogP contribution is -2.25. The highest BCUT2D eigenvalue weighted by Gasteiger charge is 2.16. The molecule has 0 aromatic carbocycles. The summed E-state index contributed by atoms with van der Waals surface area (Å²) in [5, 5.41) is 3.70. The van der Waals surface area contributed by atoms with Crippen LogP contribution >= 0.6 is 11.3 Å². The van der Waals surface area contributed by atoms with Gasteiger partial charge in [0, 0.05) is 24.8 Å². The lowest BCUT2D eigenvalue weighted by atomic mass is 10.3. The van der Waals surface area contributed by atoms with Crippen LogP contribution in [0.5, 0.6) is 0 Å². The number of aryl methyl sites for hydroxylation is 1. The van der Waals surface area contributed by atoms with E-state index < -0.39 is 10.0 Å². The summed E-state index contributed by atoms with van der Waals surface area (Å²) in [6.07, 6.45) is 1.07. The van der Waals surface area contributed by atoms with Crippen molar-refractivity contribution in [2.45, 2.75) is 24.0 Å². The number of sulfonamides is 1. The fourth-order valence-electron chi connectivity index (χ4n) is 1.59. The quantitative estimate of drug-likeness (QED) is 0.767. The fraction of sp³-hybridized carbons (Fsp3) is 0.455. The van der Waals surface area contributed by atoms with Gasteiger partial charge in [-0.1, -0.05) is 5.16 Å². The van der Waals surface area contributed by atoms with E-state index in [9.17, 15) is 8.42 Å². The van der Waals surface area contributed by atoms with Crippen molar-refractivity contribution in [3.05, 3.63) is 28.7 Å². The molecule has 20 heavy (non-hydrogen) atoms. The van der Waals surface area contributed by atoms with E-state index in [4.69, 9.17) is 10.3 Å². The number of hydrogen-bond donors (Lipinski definition) is 2. The highest BCUT2D eigenvalue weighted by Crippen LogP contribution is 2.21. The van der Waals surface area contributed by atoms with Crippen LogP contribution in [0.25, 0.3) is 0 Å². The second kappa shape index (κ2) is 6.44. The lowest BCUT2D eigenvalue weighted by molar-refractivity contribution is 0.387. The van der Waals surface area contributed by atoms with E-state index in [0.29, 0.717) is 35.3 Å². The van der Waals surface area contributed by atoms with Gasteiger partial charge in [-0.25, -0.2) is 13.1 Å². The minimum Gasteiger partial charge on any atom is -0.340 e. The van der Waals surface area contributed by atoms with Crippen LogP contribution in [0.15, 0.2) is 20.9 Å². The Morgan fingerprint density at radius 2 is 2.20 bits per heavy atom. The molecule has 0 saturated heterocycles. The van der Waals surface area contributed by atoms with E-state index in [2.05, 4.69) is 14.9 Å². The molecule has 0 aliphatic rings. The van der Waals surface area contributed by atoms with Crippen molar-refractivity contribution in [2.75, 3.05) is 13.1 Å². The van der Waals surface area contributed by atoms with Gasteiger partial charge in [-0.05, 0) is 25.1 Å². The second-order valence-corrected chi connectivity index (χ2v) is 7.30. The summed E-state index contributed by atoms with van der Waals surface area (Å²) in [6.45, 7) is 2.42. The molecule has 2 heterocycles. The van der Waals surface area contributed by atoms with Gasteiger partial charge >= 0.3 is 0 Å². The minimum atomic E-state index is -3.48. The molecule has 0 aliphatic heterocycles. The van der Waals surface area contributed by atoms with Crippen LogP contribution in [-0.4, -0.2) is 31.6 Å². The Morgan fingerprint density at radius 3 is 2.85 bits per heavy atom. The molecule has 7 nitrogen and oxygen atoms in total. The summed E-state index contributed by atoms with van der Waals surface area (Å²) in [7, 11) is -3.48. The van der Waals surface area contributed by atoms with E-state index in [1.807, 2.05) is 0 Å². The molecule has 0 radical (unpaired) electrons. The average molecular weight is 316 g/mol. The number of nitrogens with zero attached hydrogens (tertiary/aromatic N) is 2. The normalized spacial score (nSPS) is 11.9. The second-order valence-electron chi connectivity index (χ2n) is 4.14. The van der Waals surface area contributed by atoms with Crippen molar-refractivity contribution in [2.24, 2.45) is 5.73 Å². The third-order valence-corrected chi connectivity index (χ3v) is 5.60. The number of hydrogen-bond acceptors (Lipinski definition) is 7. The van der Waals surface area contributed by atoms with E-state index in [-0.39, 0.29) is 6.54 Å². The summed E-state index contributed by atoms with van der Waals surface area (Å²) in [5.41, 5.74) is 5.44. The van der Waals surface area contributed by atoms with Gasteiger partial charge in [-0.3, -0.25) is 0 Å². The molecule has 0 spiro atoms. The molecule has 2 aromatic heterocycles. The zero-order valence-corrected chi connectivity index (χ0v) is 12.6. The van der Waals surface area contributed by atoms with Crippen LogP contribution in [0.4, 0.5) is 0 Å². The van der Waals surface area contributed by atoms with Crippen LogP contribution in [0.2, 0.25) is 0 Å². The van der Waals surface area contributed by atoms with Crippen LogP contribution in [0.3, 0.4) is 0 Å². The van der Waals surface area contributed by atoms with Crippen molar-refractivity contribution in [1.29, 1.82) is 0 Å². The maximum Gasteiger partial charge on any atom is 0.250 e. The van der Waals surface area contributed by atoms with Crippen molar-refractivity contribution >= 4 is 21.4 Å². The molecule has 0 unspecified atom stereocenters. The standard InChI is InChI=1S/C11H16N4O3S2/c1-8-14-10(15-18-8)5-7-13-20(16,17)11-3-2-9(19-11)4-6-12/h2-3,13H,4-7,12H2,1H3. The van der Waals surface area contributed by atoms with Crippen LogP contribution in [-0.2, 0) is 22.9 Å². The fourth-order valence-corrected chi connectivity index (χ4v) is 4.04. The Balaban J connectivity index is 1.92. The first-order chi connectivity index (χ1) is 9.51. The van der Waals surface area contributed by atoms with E-state index in [0.717, 1.165) is 4.88 Å². The topological polar surface area (TPSA) is 111 Å². The highest BCUT2D eigenvalue weighted by molar-refractivity contribution is 7.91. The SMILES string of the molecule is Cc1nc(CCNS(=O)(=O)c2ccc(CCN)s2)no1. The van der Waals surface area contributed by atoms with Crippen molar-refractivity contribution in [3.63, 3.8) is 0 Å². The predicted molar refractivity (Wildman–Crippen MR) is 75.0 cm³/mol. The molecule has 0 aliphatic carbocycles. The summed E-state index contributed by atoms with van der Waals surface area (Å²) >= 11 is 1.23. The highest BCUT2D eigenvalue weighted by atomic mass is 32.2. The zero-order chi connectivity index (χ0) is 14.6. The molecule has 0 amide bonds. The molecular formula is C11H16N4O3S2. The molecule has 9 heteroatoms. The first kappa shape index (κ1) is 15.1. The van der Waals surface area contributed by atoms with Gasteiger partial charge in [0.2, 0.25) is 15.9 Å². The van der Waals surface area contributed by atoms with Gasteiger partial charge in [0.15, 0.2) is 5.82 Å². The zero-order valence-electron chi connectivity index (χ0n) is 11.0. The Bertz CT molecular complexity index is 663. The molecule has 0 atom stereocenters. The number of aromatic nitrogens is 2. The summed E-state index contributed by atoms with van der Waals surface area (Å²) < 4.78 is 31.7. The van der Waals surface area contributed by atoms with E-state index in [1.165, 1.54) is 11.3 Å². The molecule has 2 aromatic rings. The van der Waals surface area contributed by atoms with Crippen molar-refractivity contribution in [1.82, 2.24) is 14.9 Å². The average Bonchev–Trinajstić information content (AvgIpc) is 2.99. The van der Waals surface area contributed by atoms with Gasteiger partial charge < -0.3 is 10.3 Å². The van der Waals surface area contributed by atoms with Gasteiger partial charge in [-0.2, -0.15) is 4.98 Å². The van der Waals surface area contributed by atoms with Gasteiger partial charge in [0.05, 0.1) is 0 Å². The minimum absolute atomic E-state index is 0.228. The maximum atomic E-state index is 12.0. The number of rotatable bonds is 7. The smallest absolute Gasteiger partial charge is 0.250 e. The Hall–Kier alpha value is -1.29. The number of nitrogens with one attached hydrogen (secondary N) is 1. The Morgan fingerprint density at radius 1 is 1.40 bits per heavy atom. The Kier molecular flexibility index (Phi) is 4.86. The third-order valence-electron chi connectivity index (χ3n) is 2.50. The van der Waals surface area contributed by atoms with Gasteiger partial charge in [0.1, 0.15) is 4.21 Å². The first-order valence-corrected chi connectivity index (χ1v) is 8.39. The number of nitrogens with two attached hydrogens (primary N) is 1. The van der Waals surface area contributed by atoms with Crippen LogP contribution in [0, 0.1) is 6.92 Å². The first-order valence-electron chi connectivity index (χ1n) is 6.09. The predicted octanol–water partition coefficient (Wildman–Crippen LogP) is 0.462. The van der Waals surface area contributed by atoms with Crippen LogP contribution < -0.4 is 10.5 Å². The Labute approximate surface area is 121 Å². The summed E-state index contributed by atoms with van der Waals surface area (Å²) in [6, 6.07) is 3.38. The van der Waals surface area contributed by atoms with Gasteiger partial charge in [-0.15, -0.1) is 11.3 Å². The largest absolute Gasteiger partial charge is 0.340 e. The molecule has 0 fully saturated rings. The maximum absolute atomic E-state index is 12.0. The third kappa shape index (κ3) is 3.85. The molecule has 3 N–H and O–H groups in total. The van der Waals surface area contributed by atoms with E-state index >= 15 is 0 Å². The molecule has 2 rings (SSSR count).